The molecule has 18 heteroatoms. The minimum atomic E-state index is -5.17. The molecule has 0 saturated carbocycles. The second-order valence-corrected chi connectivity index (χ2v) is 1.45. The van der Waals surface area contributed by atoms with Crippen molar-refractivity contribution in [2.24, 2.45) is 0 Å². The van der Waals surface area contributed by atoms with E-state index in [4.69, 9.17) is 32.8 Å². The molecule has 0 aromatic heterocycles. The number of rotatable bonds is 0. The summed E-state index contributed by atoms with van der Waals surface area (Å²) in [6.45, 7) is 0. The Morgan fingerprint density at radius 3 is 0.722 bits per heavy atom. The van der Waals surface area contributed by atoms with Crippen LogP contribution in [0.5, 0.6) is 0 Å². The number of nitrogens with zero attached hydrogens (tertiary/aromatic N) is 1. The molecule has 0 aromatic carbocycles. The number of hydrogen-bond donors (Lipinski definition) is 0. The molecule has 0 amide bonds. The van der Waals surface area contributed by atoms with Gasteiger partial charge in [-0.05, 0) is 0 Å². The van der Waals surface area contributed by atoms with E-state index in [0.717, 1.165) is 0 Å². The largest absolute Gasteiger partial charge is 2.00 e. The van der Waals surface area contributed by atoms with Crippen LogP contribution >= 0.6 is 0 Å². The fourth-order valence-electron chi connectivity index (χ4n) is 0. The van der Waals surface area contributed by atoms with Gasteiger partial charge in [0.05, 0.1) is 5.09 Å². The third-order valence-electron chi connectivity index (χ3n) is 0. The smallest absolute Gasteiger partial charge is 0.759 e. The molecular weight excluding hydrogens is 333 g/mol. The summed E-state index contributed by atoms with van der Waals surface area (Å²) in [5.41, 5.74) is 0. The van der Waals surface area contributed by atoms with E-state index in [1.54, 1.807) is 0 Å². The normalized spacial score (nSPS) is 4.56. The molecule has 0 unspecified atom stereocenters. The molecule has 0 radical (unpaired) electrons. The van der Waals surface area contributed by atoms with Crippen LogP contribution in [0.15, 0.2) is 0 Å². The van der Waals surface area contributed by atoms with Gasteiger partial charge in [-0.15, -0.1) is 0 Å². The molecule has 0 aliphatic rings. The topological polar surface area (TPSA) is 367 Å². The summed E-state index contributed by atoms with van der Waals surface area (Å²) in [4.78, 5) is 8.25. The van der Waals surface area contributed by atoms with E-state index in [9.17, 15) is 0 Å². The quantitative estimate of drug-likeness (QED) is 0.133. The van der Waals surface area contributed by atoms with Gasteiger partial charge in [-0.1, -0.05) is 0 Å². The Bertz CT molecular complexity index is 164. The zero-order chi connectivity index (χ0) is 8.08. The van der Waals surface area contributed by atoms with Crippen molar-refractivity contribution in [2.75, 3.05) is 0 Å². The molecule has 112 valence electrons. The van der Waals surface area contributed by atoms with Gasteiger partial charge in [-0.2, -0.15) is 0 Å². The van der Waals surface area contributed by atoms with Crippen LogP contribution in [0.25, 0.3) is 0 Å². The summed E-state index contributed by atoms with van der Waals surface area (Å²) in [5, 5.41) is 14.8. The molecule has 0 rings (SSSR count). The average molecular weight is 348 g/mol. The van der Waals surface area contributed by atoms with Gasteiger partial charge < -0.3 is 62.8 Å². The fraction of sp³-hybridized carbons (Fsp3) is 0. The Kier molecular flexibility index (Phi) is 272. The molecule has 0 saturated heterocycles. The molecule has 0 heterocycles. The minimum Gasteiger partial charge on any atom is -0.759 e. The van der Waals surface area contributed by atoms with Crippen LogP contribution < -0.4 is 51.4 Å². The van der Waals surface area contributed by atoms with Gasteiger partial charge in [0.2, 0.25) is 0 Å². The third kappa shape index (κ3) is 3170. The van der Waals surface area contributed by atoms with Crippen LogP contribution in [-0.2, 0) is 10.4 Å². The van der Waals surface area contributed by atoms with E-state index in [-0.39, 0.29) is 113 Å². The summed E-state index contributed by atoms with van der Waals surface area (Å²) in [6.07, 6.45) is 0. The van der Waals surface area contributed by atoms with E-state index < -0.39 is 15.5 Å². The van der Waals surface area contributed by atoms with Gasteiger partial charge in [-0.25, -0.2) is 0 Å². The molecule has 0 atom stereocenters. The molecule has 0 aliphatic heterocycles. The standard InChI is InChI=1S/K.Mg.NO3.H2O4S.7H2O/c;;2-1(3)4;1-5(2,3)4;;;;;;;/h;;;(H2,1,2,3,4);7*1H2/q+1;+2;-1;;;;;;;;/p-2. The first kappa shape index (κ1) is 94.6. The summed E-state index contributed by atoms with van der Waals surface area (Å²) in [5.74, 6) is 0. The first-order valence-electron chi connectivity index (χ1n) is 1.21. The monoisotopic (exact) mass is 347 g/mol. The van der Waals surface area contributed by atoms with Crippen LogP contribution in [0, 0.1) is 15.3 Å². The Balaban J connectivity index is -0.00000000406. The van der Waals surface area contributed by atoms with Gasteiger partial charge in [0.15, 0.2) is 0 Å². The molecular formula is H14KMgNO14S. The third-order valence-corrected chi connectivity index (χ3v) is 0. The van der Waals surface area contributed by atoms with Crippen molar-refractivity contribution in [3.8, 4) is 0 Å². The van der Waals surface area contributed by atoms with Crippen molar-refractivity contribution in [3.63, 3.8) is 0 Å². The van der Waals surface area contributed by atoms with Gasteiger partial charge in [0, 0.05) is 10.4 Å². The van der Waals surface area contributed by atoms with E-state index in [2.05, 4.69) is 0 Å². The summed E-state index contributed by atoms with van der Waals surface area (Å²) < 4.78 is 34.1. The minimum absolute atomic E-state index is 0. The van der Waals surface area contributed by atoms with E-state index >= 15 is 0 Å². The molecule has 15 nitrogen and oxygen atoms in total. The van der Waals surface area contributed by atoms with E-state index in [1.807, 2.05) is 0 Å². The van der Waals surface area contributed by atoms with Crippen molar-refractivity contribution in [2.45, 2.75) is 0 Å². The Morgan fingerprint density at radius 1 is 0.722 bits per heavy atom. The molecule has 0 bridgehead atoms. The zero-order valence-electron chi connectivity index (χ0n) is 8.92. The average Bonchev–Trinajstić information content (AvgIpc) is 1.19. The SMILES string of the molecule is O.O.O.O.O.O.O.O=S(=O)([O-])[O-].O=[N+]([O-])[O-].[K+].[Mg+2]. The Labute approximate surface area is 159 Å². The van der Waals surface area contributed by atoms with Gasteiger partial charge in [0.25, 0.3) is 0 Å². The molecule has 0 aromatic rings. The van der Waals surface area contributed by atoms with Crippen molar-refractivity contribution in [3.05, 3.63) is 15.3 Å². The van der Waals surface area contributed by atoms with E-state index in [1.165, 1.54) is 0 Å². The van der Waals surface area contributed by atoms with Crippen molar-refractivity contribution in [1.82, 2.24) is 0 Å². The van der Waals surface area contributed by atoms with E-state index in [0.29, 0.717) is 0 Å². The molecule has 18 heavy (non-hydrogen) atoms. The Morgan fingerprint density at radius 2 is 0.722 bits per heavy atom. The predicted octanol–water partition coefficient (Wildman–Crippen LogP) is -10.7. The first-order chi connectivity index (χ1) is 3.73. The van der Waals surface area contributed by atoms with Gasteiger partial charge in [-0.3, -0.25) is 8.42 Å². The number of hydrogen-bond acceptors (Lipinski definition) is 7. The van der Waals surface area contributed by atoms with Crippen LogP contribution in [0.3, 0.4) is 0 Å². The summed E-state index contributed by atoms with van der Waals surface area (Å²) in [6, 6.07) is 0. The second-order valence-electron chi connectivity index (χ2n) is 0.632. The van der Waals surface area contributed by atoms with Gasteiger partial charge >= 0.3 is 74.4 Å². The maximum absolute atomic E-state index is 8.52. The molecule has 14 N–H and O–H groups in total. The summed E-state index contributed by atoms with van der Waals surface area (Å²) >= 11 is 0. The van der Waals surface area contributed by atoms with Gasteiger partial charge in [0.1, 0.15) is 0 Å². The van der Waals surface area contributed by atoms with Crippen LogP contribution in [0.4, 0.5) is 0 Å². The van der Waals surface area contributed by atoms with Crippen molar-refractivity contribution >= 4 is 33.5 Å². The maximum atomic E-state index is 8.52. The van der Waals surface area contributed by atoms with Crippen molar-refractivity contribution in [1.29, 1.82) is 0 Å². The molecule has 0 spiro atoms. The maximum Gasteiger partial charge on any atom is 2.00 e. The van der Waals surface area contributed by atoms with Crippen LogP contribution in [0.1, 0.15) is 0 Å². The molecule has 0 aliphatic carbocycles. The second kappa shape index (κ2) is 51.8. The molecule has 0 fully saturated rings. The first-order valence-corrected chi connectivity index (χ1v) is 2.55. The zero-order valence-corrected chi connectivity index (χ0v) is 14.3. The Hall–Kier alpha value is 1.19. The fourth-order valence-corrected chi connectivity index (χ4v) is 0. The van der Waals surface area contributed by atoms with Crippen molar-refractivity contribution < 1.29 is 112 Å². The van der Waals surface area contributed by atoms with Crippen LogP contribution in [0.2, 0.25) is 0 Å². The summed E-state index contributed by atoms with van der Waals surface area (Å²) in [7, 11) is -5.17. The van der Waals surface area contributed by atoms with Crippen LogP contribution in [-0.4, -0.2) is 84.0 Å². The predicted molar refractivity (Wildman–Crippen MR) is 51.9 cm³/mol.